The van der Waals surface area contributed by atoms with Crippen molar-refractivity contribution in [3.8, 4) is 17.2 Å². The molecule has 6 nitrogen and oxygen atoms in total. The molecule has 2 aromatic carbocycles. The Morgan fingerprint density at radius 3 is 2.57 bits per heavy atom. The highest BCUT2D eigenvalue weighted by Crippen LogP contribution is 2.33. The summed E-state index contributed by atoms with van der Waals surface area (Å²) in [6.07, 6.45) is 2.50. The summed E-state index contributed by atoms with van der Waals surface area (Å²) in [5.74, 6) is 1.86. The summed E-state index contributed by atoms with van der Waals surface area (Å²) in [5, 5.41) is 0. The highest BCUT2D eigenvalue weighted by molar-refractivity contribution is 5.69. The topological polar surface area (TPSA) is 57.2 Å². The standard InChI is InChI=1S/C22H25NO5/c1-16(24)28-19-7-4-17(5-8-19)12-23(14-20-3-2-10-25-20)13-18-6-9-21-22(11-18)27-15-26-21/h4-9,11,20H,2-3,10,12-15H2,1H3/t20-/m0/s1. The van der Waals surface area contributed by atoms with Crippen LogP contribution in [-0.2, 0) is 22.6 Å². The van der Waals surface area contributed by atoms with Crippen molar-refractivity contribution in [1.82, 2.24) is 4.90 Å². The first kappa shape index (κ1) is 18.8. The second kappa shape index (κ2) is 8.63. The number of esters is 1. The van der Waals surface area contributed by atoms with Gasteiger partial charge in [0.05, 0.1) is 6.10 Å². The van der Waals surface area contributed by atoms with Crippen molar-refractivity contribution in [2.45, 2.75) is 39.0 Å². The van der Waals surface area contributed by atoms with E-state index in [4.69, 9.17) is 18.9 Å². The Morgan fingerprint density at radius 1 is 1.07 bits per heavy atom. The molecular formula is C22H25NO5. The van der Waals surface area contributed by atoms with Gasteiger partial charge in [0, 0.05) is 33.2 Å². The molecule has 28 heavy (non-hydrogen) atoms. The summed E-state index contributed by atoms with van der Waals surface area (Å²) in [4.78, 5) is 13.5. The molecule has 0 aromatic heterocycles. The lowest BCUT2D eigenvalue weighted by Gasteiger charge is -2.25. The smallest absolute Gasteiger partial charge is 0.308 e. The minimum atomic E-state index is -0.310. The molecule has 0 unspecified atom stereocenters. The third kappa shape index (κ3) is 4.82. The number of hydrogen-bond donors (Lipinski definition) is 0. The number of ether oxygens (including phenoxy) is 4. The molecule has 0 saturated carbocycles. The quantitative estimate of drug-likeness (QED) is 0.539. The Balaban J connectivity index is 1.46. The van der Waals surface area contributed by atoms with Crippen LogP contribution in [0.4, 0.5) is 0 Å². The summed E-state index contributed by atoms with van der Waals surface area (Å²) in [7, 11) is 0. The van der Waals surface area contributed by atoms with Crippen molar-refractivity contribution in [1.29, 1.82) is 0 Å². The van der Waals surface area contributed by atoms with E-state index in [0.717, 1.165) is 56.1 Å². The van der Waals surface area contributed by atoms with Gasteiger partial charge in [0.2, 0.25) is 6.79 Å². The van der Waals surface area contributed by atoms with Crippen molar-refractivity contribution < 1.29 is 23.7 Å². The number of nitrogens with zero attached hydrogens (tertiary/aromatic N) is 1. The molecule has 1 atom stereocenters. The average Bonchev–Trinajstić information content (AvgIpc) is 3.34. The van der Waals surface area contributed by atoms with E-state index in [2.05, 4.69) is 17.0 Å². The predicted octanol–water partition coefficient (Wildman–Crippen LogP) is 3.52. The van der Waals surface area contributed by atoms with E-state index in [1.54, 1.807) is 0 Å². The fourth-order valence-electron chi connectivity index (χ4n) is 3.65. The molecule has 0 aliphatic carbocycles. The fraction of sp³-hybridized carbons (Fsp3) is 0.409. The summed E-state index contributed by atoms with van der Waals surface area (Å²) in [6.45, 7) is 4.99. The number of hydrogen-bond acceptors (Lipinski definition) is 6. The normalized spacial score (nSPS) is 17.9. The molecule has 2 aromatic rings. The van der Waals surface area contributed by atoms with Crippen LogP contribution in [0.3, 0.4) is 0 Å². The van der Waals surface area contributed by atoms with Gasteiger partial charge in [0.25, 0.3) is 0 Å². The number of rotatable bonds is 7. The molecule has 1 fully saturated rings. The predicted molar refractivity (Wildman–Crippen MR) is 103 cm³/mol. The van der Waals surface area contributed by atoms with E-state index in [-0.39, 0.29) is 18.9 Å². The number of fused-ring (bicyclic) bond motifs is 1. The maximum Gasteiger partial charge on any atom is 0.308 e. The van der Waals surface area contributed by atoms with E-state index in [9.17, 15) is 4.79 Å². The van der Waals surface area contributed by atoms with Gasteiger partial charge in [-0.2, -0.15) is 0 Å². The maximum atomic E-state index is 11.1. The third-order valence-corrected chi connectivity index (χ3v) is 4.92. The molecule has 0 spiro atoms. The van der Waals surface area contributed by atoms with Gasteiger partial charge >= 0.3 is 5.97 Å². The maximum absolute atomic E-state index is 11.1. The largest absolute Gasteiger partial charge is 0.454 e. The van der Waals surface area contributed by atoms with Crippen LogP contribution in [-0.4, -0.2) is 36.9 Å². The van der Waals surface area contributed by atoms with Gasteiger partial charge in [-0.3, -0.25) is 9.69 Å². The number of carbonyl (C=O) groups excluding carboxylic acids is 1. The molecule has 0 amide bonds. The van der Waals surface area contributed by atoms with E-state index < -0.39 is 0 Å². The molecule has 0 N–H and O–H groups in total. The van der Waals surface area contributed by atoms with Gasteiger partial charge in [-0.1, -0.05) is 18.2 Å². The Morgan fingerprint density at radius 2 is 1.82 bits per heavy atom. The van der Waals surface area contributed by atoms with Gasteiger partial charge in [0.15, 0.2) is 11.5 Å². The van der Waals surface area contributed by atoms with Gasteiger partial charge < -0.3 is 18.9 Å². The lowest BCUT2D eigenvalue weighted by atomic mass is 10.1. The highest BCUT2D eigenvalue weighted by atomic mass is 16.7. The van der Waals surface area contributed by atoms with Crippen molar-refractivity contribution >= 4 is 5.97 Å². The molecule has 1 saturated heterocycles. The van der Waals surface area contributed by atoms with Gasteiger partial charge in [-0.05, 0) is 48.2 Å². The molecular weight excluding hydrogens is 358 g/mol. The van der Waals surface area contributed by atoms with E-state index in [0.29, 0.717) is 5.75 Å². The number of carbonyl (C=O) groups is 1. The number of benzene rings is 2. The minimum Gasteiger partial charge on any atom is -0.454 e. The van der Waals surface area contributed by atoms with Crippen LogP contribution in [0.2, 0.25) is 0 Å². The van der Waals surface area contributed by atoms with Crippen molar-refractivity contribution in [2.75, 3.05) is 19.9 Å². The second-order valence-electron chi connectivity index (χ2n) is 7.23. The zero-order valence-electron chi connectivity index (χ0n) is 16.1. The van der Waals surface area contributed by atoms with Gasteiger partial charge in [0.1, 0.15) is 5.75 Å². The highest BCUT2D eigenvalue weighted by Gasteiger charge is 2.21. The van der Waals surface area contributed by atoms with Crippen LogP contribution in [0.1, 0.15) is 30.9 Å². The summed E-state index contributed by atoms with van der Waals surface area (Å²) >= 11 is 0. The van der Waals surface area contributed by atoms with Crippen molar-refractivity contribution in [2.24, 2.45) is 0 Å². The SMILES string of the molecule is CC(=O)Oc1ccc(CN(Cc2ccc3c(c2)OCO3)C[C@@H]2CCCO2)cc1. The lowest BCUT2D eigenvalue weighted by molar-refractivity contribution is -0.131. The first-order valence-electron chi connectivity index (χ1n) is 9.65. The van der Waals surface area contributed by atoms with Gasteiger partial charge in [-0.15, -0.1) is 0 Å². The molecule has 0 bridgehead atoms. The van der Waals surface area contributed by atoms with Crippen LogP contribution in [0.5, 0.6) is 17.2 Å². The first-order valence-corrected chi connectivity index (χ1v) is 9.65. The Hall–Kier alpha value is -2.57. The van der Waals surface area contributed by atoms with Crippen LogP contribution in [0.15, 0.2) is 42.5 Å². The average molecular weight is 383 g/mol. The molecule has 148 valence electrons. The van der Waals surface area contributed by atoms with Crippen LogP contribution >= 0.6 is 0 Å². The summed E-state index contributed by atoms with van der Waals surface area (Å²) in [5.41, 5.74) is 2.34. The van der Waals surface area contributed by atoms with Crippen molar-refractivity contribution in [3.05, 3.63) is 53.6 Å². The fourth-order valence-corrected chi connectivity index (χ4v) is 3.65. The molecule has 6 heteroatoms. The molecule has 2 aliphatic heterocycles. The summed E-state index contributed by atoms with van der Waals surface area (Å²) in [6, 6.07) is 13.8. The van der Waals surface area contributed by atoms with E-state index >= 15 is 0 Å². The molecule has 0 radical (unpaired) electrons. The van der Waals surface area contributed by atoms with E-state index in [1.807, 2.05) is 30.3 Å². The Bertz CT molecular complexity index is 814. The van der Waals surface area contributed by atoms with Crippen LogP contribution < -0.4 is 14.2 Å². The van der Waals surface area contributed by atoms with Crippen LogP contribution in [0.25, 0.3) is 0 Å². The van der Waals surface area contributed by atoms with Crippen molar-refractivity contribution in [3.63, 3.8) is 0 Å². The van der Waals surface area contributed by atoms with Crippen LogP contribution in [0, 0.1) is 0 Å². The molecule has 4 rings (SSSR count). The monoisotopic (exact) mass is 383 g/mol. The minimum absolute atomic E-state index is 0.273. The third-order valence-electron chi connectivity index (χ3n) is 4.92. The van der Waals surface area contributed by atoms with E-state index in [1.165, 1.54) is 12.5 Å². The second-order valence-corrected chi connectivity index (χ2v) is 7.23. The first-order chi connectivity index (χ1) is 13.7. The zero-order valence-corrected chi connectivity index (χ0v) is 16.1. The summed E-state index contributed by atoms with van der Waals surface area (Å²) < 4.78 is 21.9. The Kier molecular flexibility index (Phi) is 5.78. The molecule has 2 heterocycles. The Labute approximate surface area is 165 Å². The lowest BCUT2D eigenvalue weighted by Crippen LogP contribution is -2.31. The zero-order chi connectivity index (χ0) is 19.3. The molecule has 2 aliphatic rings. The van der Waals surface area contributed by atoms with Gasteiger partial charge in [-0.25, -0.2) is 0 Å².